The normalized spacial score (nSPS) is 39.6. The zero-order valence-electron chi connectivity index (χ0n) is 18.3. The Labute approximate surface area is 198 Å². The van der Waals surface area contributed by atoms with Gasteiger partial charge in [0.15, 0.2) is 0 Å². The summed E-state index contributed by atoms with van der Waals surface area (Å²) in [5.74, 6) is 0.950. The van der Waals surface area contributed by atoms with Crippen LogP contribution in [-0.4, -0.2) is 50.5 Å². The number of hydrogen-bond acceptors (Lipinski definition) is 5. The molecule has 5 nitrogen and oxygen atoms in total. The molecule has 0 aromatic heterocycles. The van der Waals surface area contributed by atoms with Crippen molar-refractivity contribution in [3.63, 3.8) is 0 Å². The molecule has 0 spiro atoms. The quantitative estimate of drug-likeness (QED) is 0.295. The second kappa shape index (κ2) is 12.0. The van der Waals surface area contributed by atoms with E-state index in [1.54, 1.807) is 0 Å². The van der Waals surface area contributed by atoms with Crippen molar-refractivity contribution in [3.05, 3.63) is 12.3 Å². The van der Waals surface area contributed by atoms with E-state index in [2.05, 4.69) is 34.6 Å². The van der Waals surface area contributed by atoms with Crippen molar-refractivity contribution in [2.75, 3.05) is 6.16 Å². The first-order valence-corrected chi connectivity index (χ1v) is 11.7. The van der Waals surface area contributed by atoms with Gasteiger partial charge in [0, 0.05) is 50.8 Å². The van der Waals surface area contributed by atoms with Gasteiger partial charge >= 0.3 is 0 Å². The Morgan fingerprint density at radius 3 is 2.32 bits per heavy atom. The second-order valence-corrected chi connectivity index (χ2v) is 10.1. The van der Waals surface area contributed by atoms with E-state index in [9.17, 15) is 4.57 Å². The minimum Gasteiger partial charge on any atom is -0.453 e. The Kier molecular flexibility index (Phi) is 11.5. The van der Waals surface area contributed by atoms with Crippen LogP contribution in [0, 0.1) is 23.7 Å². The van der Waals surface area contributed by atoms with Gasteiger partial charge in [0.1, 0.15) is 14.0 Å². The summed E-state index contributed by atoms with van der Waals surface area (Å²) in [6.45, 7) is 14.5. The molecule has 3 unspecified atom stereocenters. The molecule has 28 heavy (non-hydrogen) atoms. The monoisotopic (exact) mass is 487 g/mol. The van der Waals surface area contributed by atoms with E-state index in [0.29, 0.717) is 18.0 Å². The summed E-state index contributed by atoms with van der Waals surface area (Å²) in [7, 11) is 3.82. The van der Waals surface area contributed by atoms with Gasteiger partial charge in [0.25, 0.3) is 0 Å². The van der Waals surface area contributed by atoms with E-state index in [0.717, 1.165) is 0 Å². The maximum Gasteiger partial charge on any atom is 0.236 e. The summed E-state index contributed by atoms with van der Waals surface area (Å²) >= 11 is 0. The molecule has 2 heterocycles. The van der Waals surface area contributed by atoms with Gasteiger partial charge in [0.2, 0.25) is 8.03 Å². The maximum atomic E-state index is 12.5. The molecule has 2 fully saturated rings. The van der Waals surface area contributed by atoms with Crippen LogP contribution in [0.4, 0.5) is 0 Å². The molecule has 0 aliphatic carbocycles. The molecule has 2 rings (SSSR count). The first kappa shape index (κ1) is 26.9. The van der Waals surface area contributed by atoms with E-state index in [4.69, 9.17) is 26.6 Å². The Morgan fingerprint density at radius 1 is 1.11 bits per heavy atom. The summed E-state index contributed by atoms with van der Waals surface area (Å²) in [5.41, 5.74) is 0. The fourth-order valence-electron chi connectivity index (χ4n) is 4.02. The fourth-order valence-corrected chi connectivity index (χ4v) is 5.34. The molecule has 0 aromatic rings. The molecule has 2 aliphatic rings. The third-order valence-corrected chi connectivity index (χ3v) is 7.04. The van der Waals surface area contributed by atoms with Crippen LogP contribution < -0.4 is 0 Å². The summed E-state index contributed by atoms with van der Waals surface area (Å²) in [5, 5.41) is 0. The molecule has 9 atom stereocenters. The van der Waals surface area contributed by atoms with Gasteiger partial charge in [-0.2, -0.15) is 0 Å². The Balaban J connectivity index is 0.00000392. The van der Waals surface area contributed by atoms with Crippen molar-refractivity contribution >= 4 is 15.9 Å². The van der Waals surface area contributed by atoms with Crippen LogP contribution in [0.2, 0.25) is 0 Å². The first-order chi connectivity index (χ1) is 12.6. The van der Waals surface area contributed by atoms with E-state index >= 15 is 0 Å². The Bertz CT molecular complexity index is 533. The maximum absolute atomic E-state index is 12.5. The average Bonchev–Trinajstić information content (AvgIpc) is 3.00. The molecular formula is C20H36BO5PY. The zero-order chi connectivity index (χ0) is 20.3. The largest absolute Gasteiger partial charge is 0.453 e. The SMILES string of the molecule is [B][C@@H]1O[C@H](C(C)C)C(C[PH](=O)OC=C[C@H]2O[C@@H](C)[C@@H](C)C2OC(C)C)[C@@H]1C.[Y]. The number of ether oxygens (including phenoxy) is 3. The third-order valence-electron chi connectivity index (χ3n) is 5.84. The van der Waals surface area contributed by atoms with Crippen molar-refractivity contribution in [2.24, 2.45) is 23.7 Å². The molecule has 0 saturated carbocycles. The van der Waals surface area contributed by atoms with Gasteiger partial charge in [-0.05, 0) is 44.6 Å². The van der Waals surface area contributed by atoms with Crippen LogP contribution in [0.25, 0.3) is 0 Å². The van der Waals surface area contributed by atoms with Crippen molar-refractivity contribution in [1.82, 2.24) is 0 Å². The van der Waals surface area contributed by atoms with E-state index in [-0.39, 0.29) is 81.1 Å². The second-order valence-electron chi connectivity index (χ2n) is 8.67. The van der Waals surface area contributed by atoms with Crippen LogP contribution >= 0.6 is 8.03 Å². The predicted octanol–water partition coefficient (Wildman–Crippen LogP) is 4.01. The summed E-state index contributed by atoms with van der Waals surface area (Å²) in [6, 6.07) is -0.295. The van der Waals surface area contributed by atoms with E-state index < -0.39 is 8.03 Å². The van der Waals surface area contributed by atoms with Crippen LogP contribution in [0.1, 0.15) is 48.5 Å². The van der Waals surface area contributed by atoms with Crippen LogP contribution in [0.3, 0.4) is 0 Å². The first-order valence-electron chi connectivity index (χ1n) is 10.2. The van der Waals surface area contributed by atoms with Crippen molar-refractivity contribution in [3.8, 4) is 0 Å². The molecule has 157 valence electrons. The molecule has 8 heteroatoms. The molecule has 2 saturated heterocycles. The van der Waals surface area contributed by atoms with Crippen molar-refractivity contribution in [1.29, 1.82) is 0 Å². The minimum absolute atomic E-state index is 0. The van der Waals surface area contributed by atoms with Crippen LogP contribution in [0.15, 0.2) is 12.3 Å². The summed E-state index contributed by atoms with van der Waals surface area (Å²) in [6.07, 6.45) is 3.91. The van der Waals surface area contributed by atoms with E-state index in [1.807, 2.05) is 19.9 Å². The van der Waals surface area contributed by atoms with Gasteiger partial charge in [-0.3, -0.25) is 4.57 Å². The van der Waals surface area contributed by atoms with Crippen molar-refractivity contribution < 1.29 is 56.0 Å². The van der Waals surface area contributed by atoms with Crippen molar-refractivity contribution in [2.45, 2.75) is 85.0 Å². The average molecular weight is 487 g/mol. The molecule has 0 amide bonds. The topological polar surface area (TPSA) is 54.0 Å². The van der Waals surface area contributed by atoms with E-state index in [1.165, 1.54) is 6.26 Å². The summed E-state index contributed by atoms with van der Waals surface area (Å²) in [4.78, 5) is 0. The van der Waals surface area contributed by atoms with Gasteiger partial charge in [-0.1, -0.05) is 27.7 Å². The summed E-state index contributed by atoms with van der Waals surface area (Å²) < 4.78 is 35.9. The molecular weight excluding hydrogens is 451 g/mol. The third kappa shape index (κ3) is 6.92. The Hall–Kier alpha value is 0.819. The fraction of sp³-hybridized carbons (Fsp3) is 0.900. The van der Waals surface area contributed by atoms with Gasteiger partial charge in [-0.25, -0.2) is 0 Å². The molecule has 2 aliphatic heterocycles. The number of rotatable bonds is 8. The predicted molar refractivity (Wildman–Crippen MR) is 110 cm³/mol. The number of hydrogen-bond donors (Lipinski definition) is 0. The molecule has 3 radical (unpaired) electrons. The van der Waals surface area contributed by atoms with Crippen LogP contribution in [-0.2, 0) is 56.0 Å². The zero-order valence-corrected chi connectivity index (χ0v) is 22.2. The molecule has 0 bridgehead atoms. The molecule has 0 N–H and O–H groups in total. The molecule has 0 aromatic carbocycles. The Morgan fingerprint density at radius 2 is 1.75 bits per heavy atom. The van der Waals surface area contributed by atoms with Gasteiger partial charge in [-0.15, -0.1) is 0 Å². The smallest absolute Gasteiger partial charge is 0.236 e. The van der Waals surface area contributed by atoms with Crippen LogP contribution in [0.5, 0.6) is 0 Å². The van der Waals surface area contributed by atoms with Gasteiger partial charge < -0.3 is 18.7 Å². The minimum atomic E-state index is -2.22. The van der Waals surface area contributed by atoms with Gasteiger partial charge in [0.05, 0.1) is 30.7 Å². The standard InChI is InChI=1S/C20H36BO5P.Y/c1-11(2)18-16(14(6)20(21)26-18)10-27(22)23-9-8-17-19(24-12(3)4)13(5)15(7)25-17;/h8-9,11-20,27H,10H2,1-7H3;/t13-,14+,15+,16?,17-,18-,19?,20-;/m1./s1.